The summed E-state index contributed by atoms with van der Waals surface area (Å²) in [6, 6.07) is 13.6. The molecule has 2 heterocycles. The summed E-state index contributed by atoms with van der Waals surface area (Å²) in [4.78, 5) is 15.6. The molecule has 5 nitrogen and oxygen atoms in total. The predicted molar refractivity (Wildman–Crippen MR) is 92.5 cm³/mol. The van der Waals surface area contributed by atoms with Gasteiger partial charge in [0, 0.05) is 35.8 Å². The molecule has 2 aromatic heterocycles. The highest BCUT2D eigenvalue weighted by Crippen LogP contribution is 2.24. The number of carbonyl (C=O) groups excluding carboxylic acids is 1. The van der Waals surface area contributed by atoms with Gasteiger partial charge in [-0.05, 0) is 37.3 Å². The van der Waals surface area contributed by atoms with Crippen molar-refractivity contribution in [2.75, 3.05) is 6.61 Å². The van der Waals surface area contributed by atoms with Gasteiger partial charge >= 0.3 is 5.97 Å². The van der Waals surface area contributed by atoms with Gasteiger partial charge in [0.25, 0.3) is 0 Å². The number of hydrogen-bond donors (Lipinski definition) is 0. The molecule has 0 saturated heterocycles. The first-order valence-corrected chi connectivity index (χ1v) is 7.68. The first kappa shape index (κ1) is 15.7. The van der Waals surface area contributed by atoms with Crippen molar-refractivity contribution >= 4 is 12.0 Å². The van der Waals surface area contributed by atoms with Crippen molar-refractivity contribution in [3.05, 3.63) is 72.7 Å². The van der Waals surface area contributed by atoms with Gasteiger partial charge in [-0.2, -0.15) is 5.10 Å². The molecule has 5 heteroatoms. The van der Waals surface area contributed by atoms with E-state index < -0.39 is 0 Å². The number of nitrogens with zero attached hydrogens (tertiary/aromatic N) is 3. The van der Waals surface area contributed by atoms with Crippen molar-refractivity contribution in [3.8, 4) is 16.9 Å². The molecule has 0 saturated carbocycles. The molecule has 3 aromatic rings. The Morgan fingerprint density at radius 2 is 1.92 bits per heavy atom. The second kappa shape index (κ2) is 7.37. The Morgan fingerprint density at radius 3 is 2.62 bits per heavy atom. The molecule has 0 spiro atoms. The van der Waals surface area contributed by atoms with E-state index in [0.29, 0.717) is 6.61 Å². The lowest BCUT2D eigenvalue weighted by molar-refractivity contribution is -0.137. The van der Waals surface area contributed by atoms with E-state index in [1.807, 2.05) is 48.7 Å². The van der Waals surface area contributed by atoms with E-state index >= 15 is 0 Å². The van der Waals surface area contributed by atoms with Crippen molar-refractivity contribution in [3.63, 3.8) is 0 Å². The zero-order valence-electron chi connectivity index (χ0n) is 13.3. The number of esters is 1. The average molecular weight is 319 g/mol. The lowest BCUT2D eigenvalue weighted by atomic mass is 10.1. The molecule has 0 N–H and O–H groups in total. The smallest absolute Gasteiger partial charge is 0.330 e. The molecule has 0 unspecified atom stereocenters. The number of ether oxygens (including phenoxy) is 1. The second-order valence-corrected chi connectivity index (χ2v) is 5.03. The molecular weight excluding hydrogens is 302 g/mol. The molecule has 0 aliphatic rings. The first-order chi connectivity index (χ1) is 11.8. The van der Waals surface area contributed by atoms with E-state index in [4.69, 9.17) is 4.74 Å². The highest BCUT2D eigenvalue weighted by Gasteiger charge is 2.10. The van der Waals surface area contributed by atoms with Crippen LogP contribution in [0.25, 0.3) is 23.0 Å². The Morgan fingerprint density at radius 1 is 1.17 bits per heavy atom. The van der Waals surface area contributed by atoms with Gasteiger partial charge in [0.05, 0.1) is 12.3 Å². The van der Waals surface area contributed by atoms with Gasteiger partial charge in [0.15, 0.2) is 0 Å². The highest BCUT2D eigenvalue weighted by atomic mass is 16.5. The Labute approximate surface area is 140 Å². The summed E-state index contributed by atoms with van der Waals surface area (Å²) in [5.41, 5.74) is 3.49. The standard InChI is InChI=1S/C19H17N3O2/c1-2-24-18(23)9-8-16-14-22(17-6-4-3-5-7-17)21-19(16)15-10-12-20-13-11-15/h3-14H,2H2,1H3. The van der Waals surface area contributed by atoms with Crippen LogP contribution in [0.5, 0.6) is 0 Å². The molecule has 24 heavy (non-hydrogen) atoms. The third-order valence-electron chi connectivity index (χ3n) is 3.40. The van der Waals surface area contributed by atoms with Crippen molar-refractivity contribution in [1.82, 2.24) is 14.8 Å². The van der Waals surface area contributed by atoms with Crippen molar-refractivity contribution in [2.24, 2.45) is 0 Å². The summed E-state index contributed by atoms with van der Waals surface area (Å²) in [6.45, 7) is 2.13. The van der Waals surface area contributed by atoms with Gasteiger partial charge in [-0.1, -0.05) is 18.2 Å². The van der Waals surface area contributed by atoms with Crippen LogP contribution in [-0.2, 0) is 9.53 Å². The Bertz CT molecular complexity index is 840. The van der Waals surface area contributed by atoms with Crippen molar-refractivity contribution in [1.29, 1.82) is 0 Å². The molecule has 0 aliphatic heterocycles. The van der Waals surface area contributed by atoms with E-state index in [9.17, 15) is 4.79 Å². The average Bonchev–Trinajstić information content (AvgIpc) is 3.06. The molecule has 0 fully saturated rings. The minimum atomic E-state index is -0.370. The molecule has 0 bridgehead atoms. The van der Waals surface area contributed by atoms with Crippen molar-refractivity contribution < 1.29 is 9.53 Å². The predicted octanol–water partition coefficient (Wildman–Crippen LogP) is 3.51. The van der Waals surface area contributed by atoms with E-state index in [-0.39, 0.29) is 5.97 Å². The first-order valence-electron chi connectivity index (χ1n) is 7.68. The zero-order chi connectivity index (χ0) is 16.8. The van der Waals surface area contributed by atoms with Crippen molar-refractivity contribution in [2.45, 2.75) is 6.92 Å². The molecular formula is C19H17N3O2. The van der Waals surface area contributed by atoms with Crippen LogP contribution in [0.2, 0.25) is 0 Å². The summed E-state index contributed by atoms with van der Waals surface area (Å²) in [7, 11) is 0. The Hall–Kier alpha value is -3.21. The summed E-state index contributed by atoms with van der Waals surface area (Å²) in [6.07, 6.45) is 8.47. The maximum absolute atomic E-state index is 11.6. The van der Waals surface area contributed by atoms with Gasteiger partial charge in [0.2, 0.25) is 0 Å². The second-order valence-electron chi connectivity index (χ2n) is 5.03. The van der Waals surface area contributed by atoms with E-state index in [1.54, 1.807) is 30.1 Å². The number of aromatic nitrogens is 3. The molecule has 0 atom stereocenters. The lowest BCUT2D eigenvalue weighted by Crippen LogP contribution is -1.98. The van der Waals surface area contributed by atoms with Gasteiger partial charge in [-0.3, -0.25) is 4.98 Å². The number of rotatable bonds is 5. The van der Waals surface area contributed by atoms with Gasteiger partial charge in [-0.25, -0.2) is 9.48 Å². The quantitative estimate of drug-likeness (QED) is 0.533. The Kier molecular flexibility index (Phi) is 4.81. The number of carbonyl (C=O) groups is 1. The summed E-state index contributed by atoms with van der Waals surface area (Å²) >= 11 is 0. The maximum atomic E-state index is 11.6. The number of hydrogen-bond acceptors (Lipinski definition) is 4. The fourth-order valence-corrected chi connectivity index (χ4v) is 2.30. The monoisotopic (exact) mass is 319 g/mol. The molecule has 0 aliphatic carbocycles. The summed E-state index contributed by atoms with van der Waals surface area (Å²) in [5, 5.41) is 4.66. The van der Waals surface area contributed by atoms with Crippen LogP contribution < -0.4 is 0 Å². The number of para-hydroxylation sites is 1. The molecule has 3 rings (SSSR count). The van der Waals surface area contributed by atoms with Crippen LogP contribution in [0.15, 0.2) is 67.1 Å². The third-order valence-corrected chi connectivity index (χ3v) is 3.40. The third kappa shape index (κ3) is 3.57. The van der Waals surface area contributed by atoms with E-state index in [1.165, 1.54) is 6.08 Å². The topological polar surface area (TPSA) is 57.0 Å². The zero-order valence-corrected chi connectivity index (χ0v) is 13.3. The van der Waals surface area contributed by atoms with Gasteiger partial charge < -0.3 is 4.74 Å². The molecule has 0 radical (unpaired) electrons. The number of benzene rings is 1. The maximum Gasteiger partial charge on any atom is 0.330 e. The van der Waals surface area contributed by atoms with Gasteiger partial charge in [-0.15, -0.1) is 0 Å². The summed E-state index contributed by atoms with van der Waals surface area (Å²) in [5.74, 6) is -0.370. The largest absolute Gasteiger partial charge is 0.463 e. The van der Waals surface area contributed by atoms with Crippen LogP contribution in [0.1, 0.15) is 12.5 Å². The molecule has 0 amide bonds. The fraction of sp³-hybridized carbons (Fsp3) is 0.105. The lowest BCUT2D eigenvalue weighted by Gasteiger charge is -2.00. The van der Waals surface area contributed by atoms with Crippen LogP contribution in [0, 0.1) is 0 Å². The van der Waals surface area contributed by atoms with Crippen LogP contribution >= 0.6 is 0 Å². The van der Waals surface area contributed by atoms with E-state index in [0.717, 1.165) is 22.5 Å². The molecule has 1 aromatic carbocycles. The Balaban J connectivity index is 2.02. The number of pyridine rings is 1. The minimum absolute atomic E-state index is 0.351. The minimum Gasteiger partial charge on any atom is -0.463 e. The highest BCUT2D eigenvalue weighted by molar-refractivity contribution is 5.88. The SMILES string of the molecule is CCOC(=O)C=Cc1cn(-c2ccccc2)nc1-c1ccncc1. The van der Waals surface area contributed by atoms with Crippen LogP contribution in [-0.4, -0.2) is 27.3 Å². The fourth-order valence-electron chi connectivity index (χ4n) is 2.30. The van der Waals surface area contributed by atoms with E-state index in [2.05, 4.69) is 10.1 Å². The normalized spacial score (nSPS) is 10.9. The van der Waals surface area contributed by atoms with Gasteiger partial charge in [0.1, 0.15) is 5.69 Å². The summed E-state index contributed by atoms with van der Waals surface area (Å²) < 4.78 is 6.73. The van der Waals surface area contributed by atoms with Crippen LogP contribution in [0.4, 0.5) is 0 Å². The van der Waals surface area contributed by atoms with Crippen LogP contribution in [0.3, 0.4) is 0 Å². The molecule has 120 valence electrons.